The van der Waals surface area contributed by atoms with Crippen molar-refractivity contribution in [1.82, 2.24) is 0 Å². The highest BCUT2D eigenvalue weighted by atomic mass is 16.7. The van der Waals surface area contributed by atoms with E-state index < -0.39 is 17.1 Å². The van der Waals surface area contributed by atoms with Gasteiger partial charge in [0.15, 0.2) is 0 Å². The van der Waals surface area contributed by atoms with Gasteiger partial charge in [-0.15, -0.1) is 0 Å². The molecule has 1 saturated heterocycles. The van der Waals surface area contributed by atoms with Gasteiger partial charge in [0.25, 0.3) is 0 Å². The smallest absolute Gasteiger partial charge is 0.315 e. The van der Waals surface area contributed by atoms with Gasteiger partial charge < -0.3 is 9.47 Å². The fourth-order valence-electron chi connectivity index (χ4n) is 5.80. The molecule has 0 aromatic heterocycles. The Morgan fingerprint density at radius 2 is 2.12 bits per heavy atom. The third-order valence-corrected chi connectivity index (χ3v) is 7.39. The molecule has 2 unspecified atom stereocenters. The van der Waals surface area contributed by atoms with E-state index in [1.165, 1.54) is 5.57 Å². The molecule has 3 fully saturated rings. The lowest BCUT2D eigenvalue weighted by molar-refractivity contribution is -0.177. The predicted octanol–water partition coefficient (Wildman–Crippen LogP) is 4.03. The van der Waals surface area contributed by atoms with E-state index in [0.29, 0.717) is 18.4 Å². The molecule has 5 atom stereocenters. The standard InChI is InChI=1S/C21H30O4/c1-5-13(2)6-7-24-18-21-12-20(21,17(23)25-18)9-14-8-19(3,4)10-15(14)16(21)11-22/h11,13-14,18H,5-10,12H2,1-4H3/t13?,14-,18?,20+,21+/m0/s1. The molecule has 0 radical (unpaired) electrons. The van der Waals surface area contributed by atoms with E-state index >= 15 is 0 Å². The number of ether oxygens (including phenoxy) is 2. The molecule has 0 aromatic carbocycles. The Morgan fingerprint density at radius 1 is 1.36 bits per heavy atom. The van der Waals surface area contributed by atoms with Gasteiger partial charge in [-0.1, -0.05) is 39.7 Å². The van der Waals surface area contributed by atoms with Gasteiger partial charge in [-0.3, -0.25) is 9.59 Å². The lowest BCUT2D eigenvalue weighted by Crippen LogP contribution is -2.33. The molecule has 0 N–H and O–H groups in total. The van der Waals surface area contributed by atoms with Crippen LogP contribution in [-0.4, -0.2) is 25.2 Å². The highest BCUT2D eigenvalue weighted by Crippen LogP contribution is 2.80. The lowest BCUT2D eigenvalue weighted by atomic mass is 9.72. The number of esters is 1. The first-order valence-electron chi connectivity index (χ1n) is 9.81. The molecule has 0 bridgehead atoms. The zero-order chi connectivity index (χ0) is 18.0. The Balaban J connectivity index is 1.63. The van der Waals surface area contributed by atoms with E-state index in [-0.39, 0.29) is 11.4 Å². The Morgan fingerprint density at radius 3 is 2.80 bits per heavy atom. The van der Waals surface area contributed by atoms with Crippen molar-refractivity contribution < 1.29 is 19.1 Å². The summed E-state index contributed by atoms with van der Waals surface area (Å²) in [5.74, 6) is 0.815. The van der Waals surface area contributed by atoms with Crippen molar-refractivity contribution in [2.24, 2.45) is 28.1 Å². The second-order valence-corrected chi connectivity index (χ2v) is 9.64. The number of aldehydes is 1. The van der Waals surface area contributed by atoms with Crippen LogP contribution in [-0.2, 0) is 19.1 Å². The SMILES string of the molecule is CCC(C)CCOC1OC(=O)[C@]23C[C@@H]4CC(C)(C)CC4=C(C=O)[C@]12C3. The maximum atomic E-state index is 12.7. The summed E-state index contributed by atoms with van der Waals surface area (Å²) < 4.78 is 11.7. The maximum Gasteiger partial charge on any atom is 0.315 e. The summed E-state index contributed by atoms with van der Waals surface area (Å²) in [5, 5.41) is 0. The van der Waals surface area contributed by atoms with Gasteiger partial charge in [0.1, 0.15) is 6.29 Å². The van der Waals surface area contributed by atoms with E-state index in [1.54, 1.807) is 0 Å². The third-order valence-electron chi connectivity index (χ3n) is 7.39. The quantitative estimate of drug-likeness (QED) is 0.538. The average Bonchev–Trinajstić information content (AvgIpc) is 3.06. The topological polar surface area (TPSA) is 52.6 Å². The summed E-state index contributed by atoms with van der Waals surface area (Å²) in [6, 6.07) is 0. The number of fused-ring (bicyclic) bond motifs is 1. The van der Waals surface area contributed by atoms with Crippen molar-refractivity contribution in [1.29, 1.82) is 0 Å². The lowest BCUT2D eigenvalue weighted by Gasteiger charge is -2.30. The van der Waals surface area contributed by atoms with E-state index in [0.717, 1.165) is 50.4 Å². The summed E-state index contributed by atoms with van der Waals surface area (Å²) in [4.78, 5) is 24.8. The van der Waals surface area contributed by atoms with Gasteiger partial charge in [-0.2, -0.15) is 0 Å². The molecule has 138 valence electrons. The van der Waals surface area contributed by atoms with Crippen molar-refractivity contribution in [3.05, 3.63) is 11.1 Å². The van der Waals surface area contributed by atoms with Gasteiger partial charge in [0, 0.05) is 5.57 Å². The molecule has 0 aromatic rings. The summed E-state index contributed by atoms with van der Waals surface area (Å²) in [5.41, 5.74) is 1.35. The molecule has 1 heterocycles. The molecule has 1 aliphatic heterocycles. The molecule has 0 spiro atoms. The summed E-state index contributed by atoms with van der Waals surface area (Å²) in [6.07, 6.45) is 6.11. The second-order valence-electron chi connectivity index (χ2n) is 9.64. The number of carbonyl (C=O) groups excluding carboxylic acids is 2. The van der Waals surface area contributed by atoms with Crippen LogP contribution in [0.5, 0.6) is 0 Å². The van der Waals surface area contributed by atoms with Gasteiger partial charge in [0.05, 0.1) is 17.4 Å². The summed E-state index contributed by atoms with van der Waals surface area (Å²) in [6.45, 7) is 9.48. The van der Waals surface area contributed by atoms with E-state index in [2.05, 4.69) is 27.7 Å². The average molecular weight is 346 g/mol. The van der Waals surface area contributed by atoms with Crippen molar-refractivity contribution in [2.75, 3.05) is 6.61 Å². The zero-order valence-electron chi connectivity index (χ0n) is 15.9. The molecule has 4 heteroatoms. The molecule has 0 amide bonds. The normalized spacial score (nSPS) is 41.7. The van der Waals surface area contributed by atoms with Crippen molar-refractivity contribution in [3.63, 3.8) is 0 Å². The number of rotatable bonds is 6. The van der Waals surface area contributed by atoms with Crippen molar-refractivity contribution in [2.45, 2.75) is 72.5 Å². The van der Waals surface area contributed by atoms with Gasteiger partial charge >= 0.3 is 5.97 Å². The van der Waals surface area contributed by atoms with Gasteiger partial charge in [0.2, 0.25) is 6.29 Å². The molecule has 2 saturated carbocycles. The Hall–Kier alpha value is -1.16. The fraction of sp³-hybridized carbons (Fsp3) is 0.810. The minimum Gasteiger partial charge on any atom is -0.434 e. The van der Waals surface area contributed by atoms with Crippen LogP contribution in [0.15, 0.2) is 11.1 Å². The first kappa shape index (κ1) is 17.3. The minimum atomic E-state index is -0.568. The highest BCUT2D eigenvalue weighted by Gasteiger charge is 2.85. The molecule has 4 nitrogen and oxygen atoms in total. The fourth-order valence-corrected chi connectivity index (χ4v) is 5.80. The van der Waals surface area contributed by atoms with E-state index in [1.807, 2.05) is 0 Å². The molecule has 4 aliphatic rings. The zero-order valence-corrected chi connectivity index (χ0v) is 15.9. The number of allylic oxidation sites excluding steroid dienone is 1. The third kappa shape index (κ3) is 2.22. The van der Waals surface area contributed by atoms with Crippen LogP contribution >= 0.6 is 0 Å². The molecule has 4 rings (SSSR count). The van der Waals surface area contributed by atoms with Crippen LogP contribution in [0.1, 0.15) is 66.2 Å². The van der Waals surface area contributed by atoms with Gasteiger partial charge in [-0.05, 0) is 49.4 Å². The summed E-state index contributed by atoms with van der Waals surface area (Å²) in [7, 11) is 0. The number of cyclic esters (lactones) is 1. The molecular weight excluding hydrogens is 316 g/mol. The first-order valence-corrected chi connectivity index (χ1v) is 9.81. The number of hydrogen-bond acceptors (Lipinski definition) is 4. The molecular formula is C21H30O4. The first-order chi connectivity index (χ1) is 11.8. The van der Waals surface area contributed by atoms with Gasteiger partial charge in [-0.25, -0.2) is 0 Å². The highest BCUT2D eigenvalue weighted by molar-refractivity contribution is 5.93. The van der Waals surface area contributed by atoms with Crippen LogP contribution in [0, 0.1) is 28.1 Å². The maximum absolute atomic E-state index is 12.7. The van der Waals surface area contributed by atoms with Crippen molar-refractivity contribution in [3.8, 4) is 0 Å². The van der Waals surface area contributed by atoms with Crippen LogP contribution in [0.3, 0.4) is 0 Å². The van der Waals surface area contributed by atoms with Crippen LogP contribution in [0.2, 0.25) is 0 Å². The molecule has 3 aliphatic carbocycles. The van der Waals surface area contributed by atoms with Crippen LogP contribution in [0.25, 0.3) is 0 Å². The molecule has 25 heavy (non-hydrogen) atoms. The van der Waals surface area contributed by atoms with Crippen LogP contribution in [0.4, 0.5) is 0 Å². The number of carbonyl (C=O) groups is 2. The monoisotopic (exact) mass is 346 g/mol. The van der Waals surface area contributed by atoms with Crippen molar-refractivity contribution >= 4 is 12.3 Å². The Labute approximate surface area is 150 Å². The predicted molar refractivity (Wildman–Crippen MR) is 93.6 cm³/mol. The summed E-state index contributed by atoms with van der Waals surface area (Å²) >= 11 is 0. The largest absolute Gasteiger partial charge is 0.434 e. The number of hydrogen-bond donors (Lipinski definition) is 0. The van der Waals surface area contributed by atoms with E-state index in [4.69, 9.17) is 9.47 Å². The minimum absolute atomic E-state index is 0.135. The second kappa shape index (κ2) is 5.42. The van der Waals surface area contributed by atoms with Crippen LogP contribution < -0.4 is 0 Å². The Bertz CT molecular complexity index is 648. The van der Waals surface area contributed by atoms with E-state index in [9.17, 15) is 9.59 Å². The Kier molecular flexibility index (Phi) is 3.74.